The quantitative estimate of drug-likeness (QED) is 0.692. The van der Waals surface area contributed by atoms with Gasteiger partial charge in [-0.1, -0.05) is 0 Å². The fourth-order valence-electron chi connectivity index (χ4n) is 2.06. The number of carbonyl (C=O) groups is 1. The van der Waals surface area contributed by atoms with Crippen LogP contribution in [0, 0.1) is 5.92 Å². The average molecular weight is 237 g/mol. The molecule has 2 heterocycles. The third-order valence-electron chi connectivity index (χ3n) is 2.98. The molecule has 0 bridgehead atoms. The Labute approximate surface area is 98.9 Å². The van der Waals surface area contributed by atoms with E-state index in [0.29, 0.717) is 13.0 Å². The Morgan fingerprint density at radius 2 is 2.29 bits per heavy atom. The van der Waals surface area contributed by atoms with E-state index in [0.717, 1.165) is 5.69 Å². The molecule has 1 fully saturated rings. The zero-order valence-corrected chi connectivity index (χ0v) is 9.36. The van der Waals surface area contributed by atoms with E-state index in [2.05, 4.69) is 9.97 Å². The third kappa shape index (κ3) is 2.78. The molecule has 0 saturated carbocycles. The molecule has 0 unspecified atom stereocenters. The van der Waals surface area contributed by atoms with Crippen molar-refractivity contribution < 1.29 is 15.0 Å². The van der Waals surface area contributed by atoms with Crippen LogP contribution in [0.5, 0.6) is 0 Å². The lowest BCUT2D eigenvalue weighted by Crippen LogP contribution is -2.31. The number of aromatic nitrogens is 2. The van der Waals surface area contributed by atoms with Crippen LogP contribution in [-0.2, 0) is 11.2 Å². The van der Waals surface area contributed by atoms with Gasteiger partial charge in [0.2, 0.25) is 5.91 Å². The van der Waals surface area contributed by atoms with Gasteiger partial charge in [0.05, 0.1) is 11.8 Å². The van der Waals surface area contributed by atoms with Gasteiger partial charge in [0.15, 0.2) is 0 Å². The second kappa shape index (κ2) is 5.20. The Morgan fingerprint density at radius 3 is 2.94 bits per heavy atom. The number of hydrogen-bond acceptors (Lipinski definition) is 5. The lowest BCUT2D eigenvalue weighted by molar-refractivity contribution is -0.133. The number of aliphatic hydroxyl groups is 2. The van der Waals surface area contributed by atoms with Crippen LogP contribution in [0.3, 0.4) is 0 Å². The van der Waals surface area contributed by atoms with E-state index in [9.17, 15) is 9.90 Å². The first-order valence-corrected chi connectivity index (χ1v) is 5.52. The summed E-state index contributed by atoms with van der Waals surface area (Å²) in [5.74, 6) is -0.382. The molecule has 1 aromatic heterocycles. The fraction of sp³-hybridized carbons (Fsp3) is 0.545. The summed E-state index contributed by atoms with van der Waals surface area (Å²) in [6.07, 6.45) is 4.88. The number of nitrogens with zero attached hydrogens (tertiary/aromatic N) is 3. The van der Waals surface area contributed by atoms with Gasteiger partial charge >= 0.3 is 0 Å². The predicted octanol–water partition coefficient (Wildman–Crippen LogP) is -1.17. The first-order valence-electron chi connectivity index (χ1n) is 5.52. The van der Waals surface area contributed by atoms with Gasteiger partial charge in [-0.2, -0.15) is 0 Å². The Hall–Kier alpha value is -1.53. The molecule has 2 N–H and O–H groups in total. The summed E-state index contributed by atoms with van der Waals surface area (Å²) in [6.45, 7) is 0.228. The molecule has 0 spiro atoms. The van der Waals surface area contributed by atoms with Crippen molar-refractivity contribution in [2.75, 3.05) is 19.7 Å². The molecule has 92 valence electrons. The first-order chi connectivity index (χ1) is 8.20. The van der Waals surface area contributed by atoms with Gasteiger partial charge in [0.25, 0.3) is 0 Å². The van der Waals surface area contributed by atoms with Crippen molar-refractivity contribution in [3.05, 3.63) is 24.3 Å². The van der Waals surface area contributed by atoms with Crippen molar-refractivity contribution >= 4 is 5.91 Å². The van der Waals surface area contributed by atoms with Crippen molar-refractivity contribution in [2.24, 2.45) is 5.92 Å². The zero-order chi connectivity index (χ0) is 12.3. The van der Waals surface area contributed by atoms with Crippen LogP contribution < -0.4 is 0 Å². The lowest BCUT2D eigenvalue weighted by atomic mass is 10.0. The number of rotatable bonds is 3. The second-order valence-electron chi connectivity index (χ2n) is 4.19. The maximum Gasteiger partial charge on any atom is 0.248 e. The highest BCUT2D eigenvalue weighted by Gasteiger charge is 2.33. The molecule has 6 nitrogen and oxygen atoms in total. The Morgan fingerprint density at radius 1 is 1.47 bits per heavy atom. The van der Waals surface area contributed by atoms with Crippen LogP contribution >= 0.6 is 0 Å². The second-order valence-corrected chi connectivity index (χ2v) is 4.19. The highest BCUT2D eigenvalue weighted by atomic mass is 16.3. The smallest absolute Gasteiger partial charge is 0.248 e. The molecule has 1 saturated heterocycles. The molecule has 0 aromatic carbocycles. The van der Waals surface area contributed by atoms with Crippen LogP contribution in [0.1, 0.15) is 5.69 Å². The highest BCUT2D eigenvalue weighted by Crippen LogP contribution is 2.20. The summed E-state index contributed by atoms with van der Waals surface area (Å²) in [5.41, 5.74) is 0.801. The van der Waals surface area contributed by atoms with Gasteiger partial charge < -0.3 is 15.1 Å². The molecule has 1 aliphatic rings. The van der Waals surface area contributed by atoms with Gasteiger partial charge in [0, 0.05) is 37.6 Å². The van der Waals surface area contributed by atoms with Crippen molar-refractivity contribution in [2.45, 2.75) is 12.5 Å². The molecule has 2 rings (SSSR count). The van der Waals surface area contributed by atoms with Crippen molar-refractivity contribution in [3.63, 3.8) is 0 Å². The van der Waals surface area contributed by atoms with Crippen LogP contribution in [-0.4, -0.2) is 56.8 Å². The Kier molecular flexibility index (Phi) is 3.65. The minimum Gasteiger partial charge on any atom is -0.391 e. The van der Waals surface area contributed by atoms with E-state index in [1.54, 1.807) is 18.6 Å². The molecule has 17 heavy (non-hydrogen) atoms. The molecule has 2 atom stereocenters. The molecule has 1 amide bonds. The first kappa shape index (κ1) is 11.9. The molecular formula is C11H15N3O3. The Balaban J connectivity index is 1.97. The maximum atomic E-state index is 11.3. The summed E-state index contributed by atoms with van der Waals surface area (Å²) in [7, 11) is 0. The summed E-state index contributed by atoms with van der Waals surface area (Å²) in [6, 6.07) is 0. The zero-order valence-electron chi connectivity index (χ0n) is 9.36. The standard InChI is InChI=1S/C11H15N3O3/c15-7-11(17)14-5-8(10(16)6-14)3-9-4-12-1-2-13-9/h1-2,4,8,10,15-16H,3,5-7H2/t8-,10-/m1/s1. The summed E-state index contributed by atoms with van der Waals surface area (Å²) < 4.78 is 0. The fourth-order valence-corrected chi connectivity index (χ4v) is 2.06. The van der Waals surface area contributed by atoms with E-state index in [1.165, 1.54) is 4.90 Å². The monoisotopic (exact) mass is 237 g/mol. The highest BCUT2D eigenvalue weighted by molar-refractivity contribution is 5.77. The number of likely N-dealkylation sites (tertiary alicyclic amines) is 1. The van der Waals surface area contributed by atoms with Gasteiger partial charge in [-0.25, -0.2) is 0 Å². The van der Waals surface area contributed by atoms with E-state index < -0.39 is 12.7 Å². The van der Waals surface area contributed by atoms with Crippen LogP contribution in [0.15, 0.2) is 18.6 Å². The number of β-amino-alcohol motifs (C(OH)–C–C–N with tert-alkyl or cyclic N) is 1. The summed E-state index contributed by atoms with van der Waals surface area (Å²) in [4.78, 5) is 20.9. The molecule has 1 aromatic rings. The van der Waals surface area contributed by atoms with Crippen molar-refractivity contribution in [1.29, 1.82) is 0 Å². The molecule has 1 aliphatic heterocycles. The maximum absolute atomic E-state index is 11.3. The minimum absolute atomic E-state index is 0.0396. The van der Waals surface area contributed by atoms with E-state index >= 15 is 0 Å². The minimum atomic E-state index is -0.562. The predicted molar refractivity (Wildman–Crippen MR) is 58.9 cm³/mol. The summed E-state index contributed by atoms with van der Waals surface area (Å²) >= 11 is 0. The SMILES string of the molecule is O=C(CO)N1C[C@@H](Cc2cnccn2)[C@H](O)C1. The third-order valence-corrected chi connectivity index (χ3v) is 2.98. The molecule has 0 aliphatic carbocycles. The van der Waals surface area contributed by atoms with Crippen LogP contribution in [0.2, 0.25) is 0 Å². The topological polar surface area (TPSA) is 86.5 Å². The average Bonchev–Trinajstić information content (AvgIpc) is 2.71. The van der Waals surface area contributed by atoms with Gasteiger partial charge in [-0.05, 0) is 6.42 Å². The normalized spacial score (nSPS) is 24.0. The number of carbonyl (C=O) groups excluding carboxylic acids is 1. The number of amides is 1. The number of aliphatic hydroxyl groups excluding tert-OH is 2. The lowest BCUT2D eigenvalue weighted by Gasteiger charge is -2.14. The Bertz CT molecular complexity index is 385. The van der Waals surface area contributed by atoms with E-state index in [1.807, 2.05) is 0 Å². The van der Waals surface area contributed by atoms with Gasteiger partial charge in [0.1, 0.15) is 6.61 Å². The van der Waals surface area contributed by atoms with Crippen LogP contribution in [0.25, 0.3) is 0 Å². The van der Waals surface area contributed by atoms with Crippen molar-refractivity contribution in [1.82, 2.24) is 14.9 Å². The summed E-state index contributed by atoms with van der Waals surface area (Å²) in [5, 5.41) is 18.6. The molecule has 6 heteroatoms. The van der Waals surface area contributed by atoms with Gasteiger partial charge in [-0.3, -0.25) is 14.8 Å². The largest absolute Gasteiger partial charge is 0.391 e. The molecular weight excluding hydrogens is 222 g/mol. The van der Waals surface area contributed by atoms with Crippen molar-refractivity contribution in [3.8, 4) is 0 Å². The van der Waals surface area contributed by atoms with E-state index in [4.69, 9.17) is 5.11 Å². The van der Waals surface area contributed by atoms with Crippen LogP contribution in [0.4, 0.5) is 0 Å². The van der Waals surface area contributed by atoms with Gasteiger partial charge in [-0.15, -0.1) is 0 Å². The molecule has 0 radical (unpaired) electrons. The van der Waals surface area contributed by atoms with E-state index in [-0.39, 0.29) is 18.4 Å². The number of hydrogen-bond donors (Lipinski definition) is 2.